The number of halogens is 1. The minimum atomic E-state index is -0.350. The topological polar surface area (TPSA) is 50.1 Å². The van der Waals surface area contributed by atoms with Gasteiger partial charge in [-0.05, 0) is 19.8 Å². The number of ether oxygens (including phenoxy) is 1. The van der Waals surface area contributed by atoms with Crippen molar-refractivity contribution in [2.24, 2.45) is 11.8 Å². The van der Waals surface area contributed by atoms with Crippen LogP contribution in [0.3, 0.4) is 0 Å². The first-order valence-corrected chi connectivity index (χ1v) is 5.46. The maximum absolute atomic E-state index is 10.3. The molecule has 82 valence electrons. The summed E-state index contributed by atoms with van der Waals surface area (Å²) in [5.74, 6) is 0.176. The van der Waals surface area contributed by atoms with E-state index < -0.39 is 0 Å². The van der Waals surface area contributed by atoms with Crippen LogP contribution >= 0.6 is 11.6 Å². The Hall–Kier alpha value is -1.01. The zero-order valence-electron chi connectivity index (χ0n) is 8.65. The average molecular weight is 228 g/mol. The Labute approximate surface area is 94.7 Å². The van der Waals surface area contributed by atoms with Gasteiger partial charge in [0, 0.05) is 5.92 Å². The third kappa shape index (κ3) is 2.97. The lowest BCUT2D eigenvalue weighted by Gasteiger charge is -2.30. The molecule has 0 amide bonds. The average Bonchev–Trinajstić information content (AvgIpc) is 2.26. The summed E-state index contributed by atoms with van der Waals surface area (Å²) in [5.41, 5.74) is 1.23. The molecule has 1 aliphatic rings. The van der Waals surface area contributed by atoms with Crippen LogP contribution in [0.2, 0.25) is 0 Å². The molecule has 0 spiro atoms. The zero-order valence-corrected chi connectivity index (χ0v) is 9.41. The maximum atomic E-state index is 10.3. The molecule has 0 heterocycles. The molecule has 4 heteroatoms. The van der Waals surface area contributed by atoms with Crippen molar-refractivity contribution >= 4 is 18.1 Å². The summed E-state index contributed by atoms with van der Waals surface area (Å²) < 4.78 is 4.92. The third-order valence-electron chi connectivity index (χ3n) is 2.82. The van der Waals surface area contributed by atoms with Crippen molar-refractivity contribution in [2.45, 2.75) is 25.9 Å². The predicted octanol–water partition coefficient (Wildman–Crippen LogP) is 2.26. The van der Waals surface area contributed by atoms with Gasteiger partial charge in [-0.2, -0.15) is 5.26 Å². The molecule has 0 aromatic rings. The zero-order chi connectivity index (χ0) is 11.3. The lowest BCUT2D eigenvalue weighted by atomic mass is 9.78. The number of hydrogen-bond donors (Lipinski definition) is 0. The molecule has 0 radical (unpaired) electrons. The molecular weight excluding hydrogens is 214 g/mol. The van der Waals surface area contributed by atoms with Crippen molar-refractivity contribution in [3.05, 3.63) is 11.6 Å². The maximum Gasteiger partial charge on any atom is 0.293 e. The highest BCUT2D eigenvalue weighted by Crippen LogP contribution is 2.33. The molecule has 3 nitrogen and oxygen atoms in total. The summed E-state index contributed by atoms with van der Waals surface area (Å²) in [6.45, 7) is 2.43. The number of carbonyl (C=O) groups excluding carboxylic acids is 1. The fourth-order valence-corrected chi connectivity index (χ4v) is 2.26. The van der Waals surface area contributed by atoms with Gasteiger partial charge in [-0.15, -0.1) is 11.6 Å². The molecule has 0 aliphatic heterocycles. The van der Waals surface area contributed by atoms with Gasteiger partial charge in [-0.1, -0.05) is 11.6 Å². The van der Waals surface area contributed by atoms with Gasteiger partial charge in [0.15, 0.2) is 0 Å². The molecule has 0 fully saturated rings. The number of hydrogen-bond acceptors (Lipinski definition) is 3. The molecular formula is C11H14ClNO2. The molecule has 1 aliphatic carbocycles. The van der Waals surface area contributed by atoms with Gasteiger partial charge in [0.25, 0.3) is 6.47 Å². The molecule has 3 atom stereocenters. The van der Waals surface area contributed by atoms with E-state index in [1.54, 1.807) is 0 Å². The van der Waals surface area contributed by atoms with Crippen molar-refractivity contribution in [3.63, 3.8) is 0 Å². The number of rotatable bonds is 4. The second kappa shape index (κ2) is 5.77. The summed E-state index contributed by atoms with van der Waals surface area (Å²) in [5, 5.41) is 8.99. The predicted molar refractivity (Wildman–Crippen MR) is 57.2 cm³/mol. The molecule has 0 saturated heterocycles. The van der Waals surface area contributed by atoms with Gasteiger partial charge in [0.05, 0.1) is 17.9 Å². The lowest BCUT2D eigenvalue weighted by molar-refractivity contribution is -0.135. The standard InChI is InChI=1S/C11H14ClNO2/c1-8-2-3-9(6-13)10(4-8)11(5-12)15-7-14/h2,7,9-11H,3-5H2,1H3/t9-,10-,11+/m0/s1. The van der Waals surface area contributed by atoms with E-state index >= 15 is 0 Å². The van der Waals surface area contributed by atoms with Gasteiger partial charge < -0.3 is 4.74 Å². The molecule has 15 heavy (non-hydrogen) atoms. The second-order valence-corrected chi connectivity index (χ2v) is 4.12. The molecule has 0 aromatic heterocycles. The number of nitrogens with zero attached hydrogens (tertiary/aromatic N) is 1. The fraction of sp³-hybridized carbons (Fsp3) is 0.636. The number of alkyl halides is 1. The molecule has 0 bridgehead atoms. The Bertz CT molecular complexity index is 295. The van der Waals surface area contributed by atoms with Crippen LogP contribution in [-0.2, 0) is 9.53 Å². The van der Waals surface area contributed by atoms with E-state index in [0.717, 1.165) is 12.8 Å². The molecule has 0 aromatic carbocycles. The Balaban J connectivity index is 2.76. The highest BCUT2D eigenvalue weighted by Gasteiger charge is 2.32. The van der Waals surface area contributed by atoms with Crippen molar-refractivity contribution < 1.29 is 9.53 Å². The molecule has 0 N–H and O–H groups in total. The summed E-state index contributed by atoms with van der Waals surface area (Å²) in [7, 11) is 0. The van der Waals surface area contributed by atoms with E-state index in [1.807, 2.05) is 6.92 Å². The van der Waals surface area contributed by atoms with Crippen LogP contribution < -0.4 is 0 Å². The lowest BCUT2D eigenvalue weighted by Crippen LogP contribution is -2.33. The van der Waals surface area contributed by atoms with Crippen molar-refractivity contribution in [3.8, 4) is 6.07 Å². The van der Waals surface area contributed by atoms with E-state index in [-0.39, 0.29) is 23.8 Å². The molecule has 1 rings (SSSR count). The molecule has 0 saturated carbocycles. The van der Waals surface area contributed by atoms with Crippen LogP contribution in [-0.4, -0.2) is 18.5 Å². The summed E-state index contributed by atoms with van der Waals surface area (Å²) >= 11 is 5.74. The van der Waals surface area contributed by atoms with E-state index in [4.69, 9.17) is 21.6 Å². The van der Waals surface area contributed by atoms with E-state index in [2.05, 4.69) is 12.1 Å². The quantitative estimate of drug-likeness (QED) is 0.421. The number of nitriles is 1. The van der Waals surface area contributed by atoms with Crippen LogP contribution in [0.4, 0.5) is 0 Å². The third-order valence-corrected chi connectivity index (χ3v) is 3.12. The van der Waals surface area contributed by atoms with Gasteiger partial charge in [-0.25, -0.2) is 0 Å². The first-order chi connectivity index (χ1) is 7.22. The van der Waals surface area contributed by atoms with Gasteiger partial charge in [0.1, 0.15) is 6.10 Å². The largest absolute Gasteiger partial charge is 0.463 e. The monoisotopic (exact) mass is 227 g/mol. The van der Waals surface area contributed by atoms with Crippen molar-refractivity contribution in [1.29, 1.82) is 5.26 Å². The van der Waals surface area contributed by atoms with Crippen LogP contribution in [0.1, 0.15) is 19.8 Å². The Morgan fingerprint density at radius 2 is 2.60 bits per heavy atom. The Kier molecular flexibility index (Phi) is 4.64. The van der Waals surface area contributed by atoms with E-state index in [9.17, 15) is 4.79 Å². The van der Waals surface area contributed by atoms with Gasteiger partial charge in [0.2, 0.25) is 0 Å². The van der Waals surface area contributed by atoms with Crippen LogP contribution in [0, 0.1) is 23.2 Å². The number of allylic oxidation sites excluding steroid dienone is 2. The van der Waals surface area contributed by atoms with Crippen LogP contribution in [0.25, 0.3) is 0 Å². The van der Waals surface area contributed by atoms with Crippen LogP contribution in [0.15, 0.2) is 11.6 Å². The first kappa shape index (κ1) is 12.1. The number of carbonyl (C=O) groups is 1. The fourth-order valence-electron chi connectivity index (χ4n) is 1.96. The van der Waals surface area contributed by atoms with Crippen LogP contribution in [0.5, 0.6) is 0 Å². The van der Waals surface area contributed by atoms with Gasteiger partial charge >= 0.3 is 0 Å². The smallest absolute Gasteiger partial charge is 0.293 e. The SMILES string of the molecule is CC1=CC[C@@H](C#N)[C@@H]([C@@H](CCl)OC=O)C1. The van der Waals surface area contributed by atoms with E-state index in [1.165, 1.54) is 5.57 Å². The van der Waals surface area contributed by atoms with Gasteiger partial charge in [-0.3, -0.25) is 4.79 Å². The minimum absolute atomic E-state index is 0.0303. The van der Waals surface area contributed by atoms with Crippen molar-refractivity contribution in [2.75, 3.05) is 5.88 Å². The highest BCUT2D eigenvalue weighted by atomic mass is 35.5. The summed E-state index contributed by atoms with van der Waals surface area (Å²) in [4.78, 5) is 10.3. The van der Waals surface area contributed by atoms with E-state index in [0.29, 0.717) is 6.47 Å². The second-order valence-electron chi connectivity index (χ2n) is 3.81. The Morgan fingerprint density at radius 1 is 1.87 bits per heavy atom. The van der Waals surface area contributed by atoms with Crippen molar-refractivity contribution in [1.82, 2.24) is 0 Å². The molecule has 0 unspecified atom stereocenters. The summed E-state index contributed by atoms with van der Waals surface area (Å²) in [6.07, 6.45) is 3.22. The first-order valence-electron chi connectivity index (χ1n) is 4.93. The minimum Gasteiger partial charge on any atom is -0.463 e. The normalized spacial score (nSPS) is 27.4. The highest BCUT2D eigenvalue weighted by molar-refractivity contribution is 6.18. The summed E-state index contributed by atoms with van der Waals surface area (Å²) in [6, 6.07) is 2.25. The Morgan fingerprint density at radius 3 is 3.13 bits per heavy atom.